The molecule has 2 atom stereocenters. The van der Waals surface area contributed by atoms with E-state index in [9.17, 15) is 14.4 Å². The first-order chi connectivity index (χ1) is 7.66. The smallest absolute Gasteiger partial charge is 0.423 e. The van der Waals surface area contributed by atoms with Crippen LogP contribution in [0, 0.1) is 11.8 Å². The van der Waals surface area contributed by atoms with Gasteiger partial charge in [-0.15, -0.1) is 0 Å². The number of carbonyl (C=O) groups excluding carboxylic acids is 3. The summed E-state index contributed by atoms with van der Waals surface area (Å²) in [5.74, 6) is -1.31. The fraction of sp³-hybridized carbons (Fsp3) is 0.727. The van der Waals surface area contributed by atoms with Crippen LogP contribution in [-0.2, 0) is 14.3 Å². The molecule has 0 aromatic carbocycles. The summed E-state index contributed by atoms with van der Waals surface area (Å²) in [7, 11) is 0. The van der Waals surface area contributed by atoms with Gasteiger partial charge < -0.3 is 4.74 Å². The quantitative estimate of drug-likeness (QED) is 0.631. The van der Waals surface area contributed by atoms with E-state index in [0.717, 1.165) is 12.8 Å². The molecular formula is C11H15NO4. The molecule has 3 amide bonds. The Balaban J connectivity index is 2.18. The second-order valence-electron chi connectivity index (χ2n) is 4.21. The van der Waals surface area contributed by atoms with Crippen molar-refractivity contribution in [3.63, 3.8) is 0 Å². The zero-order valence-corrected chi connectivity index (χ0v) is 9.27. The lowest BCUT2D eigenvalue weighted by Crippen LogP contribution is -2.37. The molecule has 0 spiro atoms. The van der Waals surface area contributed by atoms with Gasteiger partial charge in [-0.25, -0.2) is 4.79 Å². The topological polar surface area (TPSA) is 63.7 Å². The van der Waals surface area contributed by atoms with Crippen molar-refractivity contribution in [1.82, 2.24) is 4.90 Å². The highest BCUT2D eigenvalue weighted by Gasteiger charge is 2.51. The molecule has 16 heavy (non-hydrogen) atoms. The second kappa shape index (κ2) is 4.23. The van der Waals surface area contributed by atoms with Crippen LogP contribution in [0.25, 0.3) is 0 Å². The zero-order chi connectivity index (χ0) is 11.7. The Morgan fingerprint density at radius 3 is 2.19 bits per heavy atom. The van der Waals surface area contributed by atoms with E-state index in [4.69, 9.17) is 4.74 Å². The molecule has 1 saturated carbocycles. The molecule has 2 fully saturated rings. The lowest BCUT2D eigenvalue weighted by Gasteiger charge is -2.19. The molecule has 2 rings (SSSR count). The number of hydrogen-bond donors (Lipinski definition) is 0. The van der Waals surface area contributed by atoms with Crippen molar-refractivity contribution in [2.24, 2.45) is 11.8 Å². The fourth-order valence-electron chi connectivity index (χ4n) is 2.53. The summed E-state index contributed by atoms with van der Waals surface area (Å²) in [4.78, 5) is 35.9. The van der Waals surface area contributed by atoms with Crippen molar-refractivity contribution in [2.75, 3.05) is 6.61 Å². The van der Waals surface area contributed by atoms with Crippen LogP contribution in [0.1, 0.15) is 32.6 Å². The maximum Gasteiger partial charge on any atom is 0.423 e. The number of hydrogen-bond acceptors (Lipinski definition) is 4. The van der Waals surface area contributed by atoms with Gasteiger partial charge in [-0.1, -0.05) is 12.8 Å². The minimum Gasteiger partial charge on any atom is -0.449 e. The highest BCUT2D eigenvalue weighted by Crippen LogP contribution is 2.38. The van der Waals surface area contributed by atoms with E-state index in [-0.39, 0.29) is 30.3 Å². The van der Waals surface area contributed by atoms with Gasteiger partial charge in [-0.2, -0.15) is 4.90 Å². The van der Waals surface area contributed by atoms with Crippen molar-refractivity contribution >= 4 is 17.9 Å². The van der Waals surface area contributed by atoms with Crippen molar-refractivity contribution < 1.29 is 19.1 Å². The van der Waals surface area contributed by atoms with Gasteiger partial charge >= 0.3 is 6.09 Å². The molecule has 0 bridgehead atoms. The number of rotatable bonds is 1. The molecule has 0 aromatic rings. The van der Waals surface area contributed by atoms with Gasteiger partial charge in [0.2, 0.25) is 11.8 Å². The predicted octanol–water partition coefficient (Wildman–Crippen LogP) is 1.32. The largest absolute Gasteiger partial charge is 0.449 e. The lowest BCUT2D eigenvalue weighted by molar-refractivity contribution is -0.137. The molecule has 1 heterocycles. The highest BCUT2D eigenvalue weighted by molar-refractivity contribution is 6.15. The Kier molecular flexibility index (Phi) is 2.94. The first-order valence-corrected chi connectivity index (χ1v) is 5.71. The van der Waals surface area contributed by atoms with Crippen LogP contribution in [0.5, 0.6) is 0 Å². The number of fused-ring (bicyclic) bond motifs is 1. The lowest BCUT2D eigenvalue weighted by atomic mass is 9.81. The third-order valence-corrected chi connectivity index (χ3v) is 3.29. The van der Waals surface area contributed by atoms with Crippen molar-refractivity contribution in [1.29, 1.82) is 0 Å². The first-order valence-electron chi connectivity index (χ1n) is 5.71. The Morgan fingerprint density at radius 1 is 1.25 bits per heavy atom. The van der Waals surface area contributed by atoms with Gasteiger partial charge in [0, 0.05) is 0 Å². The van der Waals surface area contributed by atoms with Crippen LogP contribution in [0.15, 0.2) is 0 Å². The summed E-state index contributed by atoms with van der Waals surface area (Å²) in [6.45, 7) is 1.82. The molecular weight excluding hydrogens is 210 g/mol. The summed E-state index contributed by atoms with van der Waals surface area (Å²) >= 11 is 0. The molecule has 2 aliphatic rings. The third-order valence-electron chi connectivity index (χ3n) is 3.29. The van der Waals surface area contributed by atoms with Crippen molar-refractivity contribution in [2.45, 2.75) is 32.6 Å². The molecule has 88 valence electrons. The molecule has 5 nitrogen and oxygen atoms in total. The maximum atomic E-state index is 11.9. The molecule has 0 aromatic heterocycles. The Labute approximate surface area is 93.7 Å². The number of amides is 3. The van der Waals surface area contributed by atoms with E-state index < -0.39 is 6.09 Å². The van der Waals surface area contributed by atoms with Crippen LogP contribution in [0.4, 0.5) is 4.79 Å². The van der Waals surface area contributed by atoms with Crippen LogP contribution in [0.2, 0.25) is 0 Å². The molecule has 2 unspecified atom stereocenters. The second-order valence-corrected chi connectivity index (χ2v) is 4.21. The summed E-state index contributed by atoms with van der Waals surface area (Å²) in [6, 6.07) is 0. The van der Waals surface area contributed by atoms with Crippen LogP contribution in [0.3, 0.4) is 0 Å². The number of likely N-dealkylation sites (tertiary alicyclic amines) is 1. The van der Waals surface area contributed by atoms with Crippen LogP contribution >= 0.6 is 0 Å². The SMILES string of the molecule is CCOC(=O)N1C(=O)C2CCCCC2C1=O. The van der Waals surface area contributed by atoms with Gasteiger partial charge in [0.25, 0.3) is 0 Å². The Bertz CT molecular complexity index is 315. The van der Waals surface area contributed by atoms with E-state index in [1.54, 1.807) is 6.92 Å². The number of ether oxygens (including phenoxy) is 1. The maximum absolute atomic E-state index is 11.9. The molecule has 1 aliphatic heterocycles. The van der Waals surface area contributed by atoms with E-state index in [2.05, 4.69) is 0 Å². The van der Waals surface area contributed by atoms with E-state index in [1.165, 1.54) is 0 Å². The van der Waals surface area contributed by atoms with E-state index in [1.807, 2.05) is 0 Å². The number of imide groups is 3. The van der Waals surface area contributed by atoms with Gasteiger partial charge in [0.15, 0.2) is 0 Å². The van der Waals surface area contributed by atoms with Gasteiger partial charge in [0.05, 0.1) is 18.4 Å². The Morgan fingerprint density at radius 2 is 1.75 bits per heavy atom. The molecule has 0 radical (unpaired) electrons. The van der Waals surface area contributed by atoms with Crippen molar-refractivity contribution in [3.05, 3.63) is 0 Å². The van der Waals surface area contributed by atoms with Crippen LogP contribution in [-0.4, -0.2) is 29.4 Å². The molecule has 1 aliphatic carbocycles. The first kappa shape index (κ1) is 11.1. The van der Waals surface area contributed by atoms with Crippen LogP contribution < -0.4 is 0 Å². The average molecular weight is 225 g/mol. The molecule has 1 saturated heterocycles. The highest BCUT2D eigenvalue weighted by atomic mass is 16.6. The molecule has 0 N–H and O–H groups in total. The standard InChI is InChI=1S/C11H15NO4/c1-2-16-11(15)12-9(13)7-5-3-4-6-8(7)10(12)14/h7-8H,2-6H2,1H3. The van der Waals surface area contributed by atoms with Gasteiger partial charge in [0.1, 0.15) is 0 Å². The van der Waals surface area contributed by atoms with Gasteiger partial charge in [-0.3, -0.25) is 9.59 Å². The minimum atomic E-state index is -0.813. The third kappa shape index (κ3) is 1.60. The summed E-state index contributed by atoms with van der Waals surface area (Å²) in [5.41, 5.74) is 0. The van der Waals surface area contributed by atoms with E-state index >= 15 is 0 Å². The fourth-order valence-corrected chi connectivity index (χ4v) is 2.53. The molecule has 5 heteroatoms. The number of carbonyl (C=O) groups is 3. The van der Waals surface area contributed by atoms with E-state index in [0.29, 0.717) is 17.7 Å². The minimum absolute atomic E-state index is 0.172. The summed E-state index contributed by atoms with van der Waals surface area (Å²) in [6.07, 6.45) is 2.52. The summed E-state index contributed by atoms with van der Waals surface area (Å²) in [5, 5.41) is 0. The average Bonchev–Trinajstić information content (AvgIpc) is 2.53. The Hall–Kier alpha value is -1.39. The monoisotopic (exact) mass is 225 g/mol. The normalized spacial score (nSPS) is 29.2. The van der Waals surface area contributed by atoms with Crippen molar-refractivity contribution in [3.8, 4) is 0 Å². The number of nitrogens with zero attached hydrogens (tertiary/aromatic N) is 1. The van der Waals surface area contributed by atoms with Gasteiger partial charge in [-0.05, 0) is 19.8 Å². The zero-order valence-electron chi connectivity index (χ0n) is 9.27. The summed E-state index contributed by atoms with van der Waals surface area (Å²) < 4.78 is 4.72. The predicted molar refractivity (Wildman–Crippen MR) is 54.3 cm³/mol.